The number of nitrogens with zero attached hydrogens (tertiary/aromatic N) is 1. The van der Waals surface area contributed by atoms with Gasteiger partial charge in [-0.1, -0.05) is 44.2 Å². The van der Waals surface area contributed by atoms with Gasteiger partial charge >= 0.3 is 0 Å². The number of hydrogen-bond donors (Lipinski definition) is 2. The molecule has 24 heavy (non-hydrogen) atoms. The van der Waals surface area contributed by atoms with Crippen molar-refractivity contribution < 1.29 is 9.90 Å². The Bertz CT molecular complexity index is 502. The Morgan fingerprint density at radius 3 is 2.79 bits per heavy atom. The Balaban J connectivity index is 1.72. The molecule has 1 unspecified atom stereocenters. The minimum atomic E-state index is -0.0535. The quantitative estimate of drug-likeness (QED) is 0.720. The first-order valence-electron chi connectivity index (χ1n) is 9.15. The van der Waals surface area contributed by atoms with E-state index in [9.17, 15) is 9.90 Å². The predicted molar refractivity (Wildman–Crippen MR) is 97.6 cm³/mol. The van der Waals surface area contributed by atoms with Crippen LogP contribution in [0, 0.1) is 11.3 Å². The Hall–Kier alpha value is -1.39. The SMILES string of the molecule is CC(C)(CO)CCCNC(=O)C1CCCN(Cc2ccccc2)C1. The van der Waals surface area contributed by atoms with Crippen molar-refractivity contribution in [1.29, 1.82) is 0 Å². The van der Waals surface area contributed by atoms with Crippen LogP contribution in [-0.4, -0.2) is 42.2 Å². The standard InChI is InChI=1S/C20H32N2O2/c1-20(2,16-23)11-7-12-21-19(24)18-10-6-13-22(15-18)14-17-8-4-3-5-9-17/h3-5,8-9,18,23H,6-7,10-16H2,1-2H3,(H,21,24). The second-order valence-electron chi connectivity index (χ2n) is 7.78. The number of piperidine rings is 1. The highest BCUT2D eigenvalue weighted by molar-refractivity contribution is 5.78. The molecular formula is C20H32N2O2. The molecule has 0 spiro atoms. The van der Waals surface area contributed by atoms with Crippen LogP contribution in [0.1, 0.15) is 45.1 Å². The topological polar surface area (TPSA) is 52.6 Å². The van der Waals surface area contributed by atoms with Gasteiger partial charge in [-0.15, -0.1) is 0 Å². The molecule has 1 heterocycles. The monoisotopic (exact) mass is 332 g/mol. The van der Waals surface area contributed by atoms with E-state index in [0.29, 0.717) is 6.54 Å². The summed E-state index contributed by atoms with van der Waals surface area (Å²) in [6.07, 6.45) is 3.91. The molecule has 4 heteroatoms. The molecule has 4 nitrogen and oxygen atoms in total. The summed E-state index contributed by atoms with van der Waals surface area (Å²) in [6.45, 7) is 7.85. The molecule has 2 N–H and O–H groups in total. The van der Waals surface area contributed by atoms with E-state index in [1.807, 2.05) is 6.07 Å². The van der Waals surface area contributed by atoms with Crippen LogP contribution in [0.2, 0.25) is 0 Å². The molecule has 134 valence electrons. The predicted octanol–water partition coefficient (Wildman–Crippen LogP) is 2.81. The Kier molecular flexibility index (Phi) is 7.25. The van der Waals surface area contributed by atoms with Gasteiger partial charge in [0.1, 0.15) is 0 Å². The Labute approximate surface area is 146 Å². The van der Waals surface area contributed by atoms with Gasteiger partial charge in [0.05, 0.1) is 5.92 Å². The highest BCUT2D eigenvalue weighted by Gasteiger charge is 2.25. The van der Waals surface area contributed by atoms with E-state index in [0.717, 1.165) is 45.3 Å². The molecule has 0 aliphatic carbocycles. The third kappa shape index (κ3) is 6.25. The Morgan fingerprint density at radius 2 is 2.08 bits per heavy atom. The van der Waals surface area contributed by atoms with Gasteiger partial charge in [0.15, 0.2) is 0 Å². The maximum atomic E-state index is 12.4. The summed E-state index contributed by atoms with van der Waals surface area (Å²) in [4.78, 5) is 14.8. The number of aliphatic hydroxyl groups excluding tert-OH is 1. The fourth-order valence-electron chi connectivity index (χ4n) is 3.26. The normalized spacial score (nSPS) is 19.2. The number of carbonyl (C=O) groups is 1. The number of nitrogens with one attached hydrogen (secondary N) is 1. The first kappa shape index (κ1) is 18.9. The lowest BCUT2D eigenvalue weighted by atomic mass is 9.89. The maximum Gasteiger partial charge on any atom is 0.224 e. The smallest absolute Gasteiger partial charge is 0.224 e. The molecule has 2 rings (SSSR count). The molecule has 1 aliphatic heterocycles. The van der Waals surface area contributed by atoms with Crippen LogP contribution in [-0.2, 0) is 11.3 Å². The minimum Gasteiger partial charge on any atom is -0.396 e. The molecule has 0 bridgehead atoms. The summed E-state index contributed by atoms with van der Waals surface area (Å²) >= 11 is 0. The number of carbonyl (C=O) groups excluding carboxylic acids is 1. The van der Waals surface area contributed by atoms with Gasteiger partial charge in [-0.25, -0.2) is 0 Å². The fraction of sp³-hybridized carbons (Fsp3) is 0.650. The molecule has 1 aromatic rings. The van der Waals surface area contributed by atoms with E-state index in [-0.39, 0.29) is 23.8 Å². The third-order valence-electron chi connectivity index (χ3n) is 4.88. The van der Waals surface area contributed by atoms with Crippen LogP contribution in [0.25, 0.3) is 0 Å². The summed E-state index contributed by atoms with van der Waals surface area (Å²) < 4.78 is 0. The van der Waals surface area contributed by atoms with Gasteiger partial charge in [-0.05, 0) is 43.2 Å². The molecule has 0 aromatic heterocycles. The van der Waals surface area contributed by atoms with E-state index in [1.165, 1.54) is 5.56 Å². The molecule has 1 fully saturated rings. The largest absolute Gasteiger partial charge is 0.396 e. The number of likely N-dealkylation sites (tertiary alicyclic amines) is 1. The van der Waals surface area contributed by atoms with Gasteiger partial charge in [-0.2, -0.15) is 0 Å². The zero-order valence-electron chi connectivity index (χ0n) is 15.1. The zero-order chi connectivity index (χ0) is 17.4. The van der Waals surface area contributed by atoms with Crippen molar-refractivity contribution in [2.24, 2.45) is 11.3 Å². The van der Waals surface area contributed by atoms with Crippen LogP contribution in [0.3, 0.4) is 0 Å². The van der Waals surface area contributed by atoms with Crippen molar-refractivity contribution >= 4 is 5.91 Å². The lowest BCUT2D eigenvalue weighted by molar-refractivity contribution is -0.126. The zero-order valence-corrected chi connectivity index (χ0v) is 15.1. The van der Waals surface area contributed by atoms with Crippen LogP contribution >= 0.6 is 0 Å². The maximum absolute atomic E-state index is 12.4. The molecule has 1 atom stereocenters. The van der Waals surface area contributed by atoms with Gasteiger partial charge in [0.25, 0.3) is 0 Å². The summed E-state index contributed by atoms with van der Waals surface area (Å²) in [7, 11) is 0. The highest BCUT2D eigenvalue weighted by atomic mass is 16.3. The van der Waals surface area contributed by atoms with Crippen molar-refractivity contribution in [2.45, 2.75) is 46.1 Å². The van der Waals surface area contributed by atoms with Crippen molar-refractivity contribution in [3.8, 4) is 0 Å². The molecule has 0 saturated carbocycles. The number of benzene rings is 1. The Morgan fingerprint density at radius 1 is 1.33 bits per heavy atom. The van der Waals surface area contributed by atoms with Crippen molar-refractivity contribution in [2.75, 3.05) is 26.2 Å². The van der Waals surface area contributed by atoms with E-state index in [2.05, 4.69) is 48.3 Å². The average Bonchev–Trinajstić information content (AvgIpc) is 2.60. The first-order chi connectivity index (χ1) is 11.5. The third-order valence-corrected chi connectivity index (χ3v) is 4.88. The second-order valence-corrected chi connectivity index (χ2v) is 7.78. The summed E-state index contributed by atoms with van der Waals surface area (Å²) in [5.41, 5.74) is 1.26. The van der Waals surface area contributed by atoms with E-state index >= 15 is 0 Å². The fourth-order valence-corrected chi connectivity index (χ4v) is 3.26. The highest BCUT2D eigenvalue weighted by Crippen LogP contribution is 2.21. The van der Waals surface area contributed by atoms with Crippen molar-refractivity contribution in [3.63, 3.8) is 0 Å². The molecule has 1 amide bonds. The summed E-state index contributed by atoms with van der Waals surface area (Å²) in [5.74, 6) is 0.294. The molecule has 1 saturated heterocycles. The molecule has 1 aliphatic rings. The van der Waals surface area contributed by atoms with Crippen LogP contribution in [0.4, 0.5) is 0 Å². The summed E-state index contributed by atoms with van der Waals surface area (Å²) in [5, 5.41) is 12.4. The van der Waals surface area contributed by atoms with E-state index < -0.39 is 0 Å². The van der Waals surface area contributed by atoms with Crippen LogP contribution in [0.15, 0.2) is 30.3 Å². The van der Waals surface area contributed by atoms with Gasteiger partial charge in [0.2, 0.25) is 5.91 Å². The average molecular weight is 332 g/mol. The van der Waals surface area contributed by atoms with Gasteiger partial charge < -0.3 is 10.4 Å². The first-order valence-corrected chi connectivity index (χ1v) is 9.15. The van der Waals surface area contributed by atoms with Gasteiger partial charge in [0, 0.05) is 26.2 Å². The van der Waals surface area contributed by atoms with Crippen LogP contribution < -0.4 is 5.32 Å². The summed E-state index contributed by atoms with van der Waals surface area (Å²) in [6, 6.07) is 10.5. The number of hydrogen-bond acceptors (Lipinski definition) is 3. The van der Waals surface area contributed by atoms with E-state index in [4.69, 9.17) is 0 Å². The van der Waals surface area contributed by atoms with Crippen molar-refractivity contribution in [1.82, 2.24) is 10.2 Å². The van der Waals surface area contributed by atoms with E-state index in [1.54, 1.807) is 0 Å². The van der Waals surface area contributed by atoms with Crippen LogP contribution in [0.5, 0.6) is 0 Å². The number of rotatable bonds is 8. The molecule has 0 radical (unpaired) electrons. The van der Waals surface area contributed by atoms with Gasteiger partial charge in [-0.3, -0.25) is 9.69 Å². The minimum absolute atomic E-state index is 0.0535. The molecule has 1 aromatic carbocycles. The lowest BCUT2D eigenvalue weighted by Gasteiger charge is -2.32. The number of aliphatic hydroxyl groups is 1. The van der Waals surface area contributed by atoms with Crippen molar-refractivity contribution in [3.05, 3.63) is 35.9 Å². The second kappa shape index (κ2) is 9.19. The molecular weight excluding hydrogens is 300 g/mol. The lowest BCUT2D eigenvalue weighted by Crippen LogP contribution is -2.43. The number of amides is 1.